The van der Waals surface area contributed by atoms with E-state index in [2.05, 4.69) is 20.3 Å². The highest BCUT2D eigenvalue weighted by atomic mass is 35.5. The number of aromatic nitrogens is 3. The Morgan fingerprint density at radius 1 is 1.08 bits per heavy atom. The third kappa shape index (κ3) is 4.36. The van der Waals surface area contributed by atoms with Crippen LogP contribution in [0.1, 0.15) is 12.7 Å². The molecule has 3 aromatic rings. The van der Waals surface area contributed by atoms with Gasteiger partial charge in [-0.25, -0.2) is 0 Å². The van der Waals surface area contributed by atoms with Gasteiger partial charge < -0.3 is 19.2 Å². The molecule has 0 spiro atoms. The number of benzene rings is 1. The molecule has 0 saturated carbocycles. The van der Waals surface area contributed by atoms with Gasteiger partial charge in [0, 0.05) is 5.02 Å². The standard InChI is InChI=1S/C16H15ClN4O3/c1-2-22-15-19-14(18-10-13-4-3-9-23-13)20-16(21-15)24-12-7-5-11(17)6-8-12/h3-9H,2,10H2,1H3,(H,18,19,20,21). The molecule has 0 aliphatic heterocycles. The number of furan rings is 1. The van der Waals surface area contributed by atoms with Crippen molar-refractivity contribution in [2.75, 3.05) is 11.9 Å². The largest absolute Gasteiger partial charge is 0.467 e. The summed E-state index contributed by atoms with van der Waals surface area (Å²) in [6.45, 7) is 2.71. The predicted octanol–water partition coefficient (Wildman–Crippen LogP) is 3.92. The quantitative estimate of drug-likeness (QED) is 0.694. The predicted molar refractivity (Wildman–Crippen MR) is 88.6 cm³/mol. The summed E-state index contributed by atoms with van der Waals surface area (Å²) >= 11 is 5.86. The van der Waals surface area contributed by atoms with E-state index in [-0.39, 0.29) is 12.0 Å². The van der Waals surface area contributed by atoms with E-state index in [9.17, 15) is 0 Å². The molecule has 0 bridgehead atoms. The van der Waals surface area contributed by atoms with E-state index in [0.717, 1.165) is 5.76 Å². The van der Waals surface area contributed by atoms with Crippen LogP contribution in [-0.4, -0.2) is 21.6 Å². The molecular formula is C16H15ClN4O3. The van der Waals surface area contributed by atoms with E-state index in [4.69, 9.17) is 25.5 Å². The van der Waals surface area contributed by atoms with Gasteiger partial charge >= 0.3 is 12.0 Å². The second-order valence-electron chi connectivity index (χ2n) is 4.65. The molecule has 0 fully saturated rings. The number of nitrogens with zero attached hydrogens (tertiary/aromatic N) is 3. The van der Waals surface area contributed by atoms with Crippen LogP contribution in [0.25, 0.3) is 0 Å². The van der Waals surface area contributed by atoms with Crippen LogP contribution in [-0.2, 0) is 6.54 Å². The molecule has 2 aromatic heterocycles. The van der Waals surface area contributed by atoms with Gasteiger partial charge in [-0.2, -0.15) is 9.97 Å². The highest BCUT2D eigenvalue weighted by Gasteiger charge is 2.10. The first-order valence-electron chi connectivity index (χ1n) is 7.31. The average Bonchev–Trinajstić information content (AvgIpc) is 3.09. The molecule has 8 heteroatoms. The summed E-state index contributed by atoms with van der Waals surface area (Å²) in [5.74, 6) is 1.65. The molecule has 0 atom stereocenters. The molecule has 0 saturated heterocycles. The van der Waals surface area contributed by atoms with Crippen molar-refractivity contribution in [3.63, 3.8) is 0 Å². The van der Waals surface area contributed by atoms with Crippen LogP contribution >= 0.6 is 11.6 Å². The molecule has 0 unspecified atom stereocenters. The lowest BCUT2D eigenvalue weighted by Crippen LogP contribution is -2.07. The molecule has 1 N–H and O–H groups in total. The van der Waals surface area contributed by atoms with Crippen molar-refractivity contribution < 1.29 is 13.9 Å². The minimum absolute atomic E-state index is 0.123. The van der Waals surface area contributed by atoms with Crippen LogP contribution in [0.15, 0.2) is 47.1 Å². The molecule has 3 rings (SSSR count). The summed E-state index contributed by atoms with van der Waals surface area (Å²) in [6, 6.07) is 10.9. The van der Waals surface area contributed by atoms with E-state index in [1.165, 1.54) is 0 Å². The smallest absolute Gasteiger partial charge is 0.330 e. The number of nitrogens with one attached hydrogen (secondary N) is 1. The summed E-state index contributed by atoms with van der Waals surface area (Å²) in [5.41, 5.74) is 0. The number of rotatable bonds is 7. The summed E-state index contributed by atoms with van der Waals surface area (Å²) in [7, 11) is 0. The van der Waals surface area contributed by atoms with Gasteiger partial charge in [0.25, 0.3) is 0 Å². The maximum Gasteiger partial charge on any atom is 0.330 e. The minimum atomic E-state index is 0.123. The van der Waals surface area contributed by atoms with Crippen molar-refractivity contribution in [2.45, 2.75) is 13.5 Å². The highest BCUT2D eigenvalue weighted by molar-refractivity contribution is 6.30. The monoisotopic (exact) mass is 346 g/mol. The van der Waals surface area contributed by atoms with Crippen molar-refractivity contribution in [3.05, 3.63) is 53.4 Å². The Labute approximate surface area is 143 Å². The summed E-state index contributed by atoms with van der Waals surface area (Å²) in [5, 5.41) is 3.66. The third-order valence-electron chi connectivity index (χ3n) is 2.89. The molecule has 0 aliphatic carbocycles. The van der Waals surface area contributed by atoms with Crippen LogP contribution in [0.2, 0.25) is 5.02 Å². The van der Waals surface area contributed by atoms with Crippen molar-refractivity contribution >= 4 is 17.5 Å². The lowest BCUT2D eigenvalue weighted by molar-refractivity contribution is 0.303. The van der Waals surface area contributed by atoms with Gasteiger partial charge in [-0.3, -0.25) is 0 Å². The lowest BCUT2D eigenvalue weighted by Gasteiger charge is -2.09. The van der Waals surface area contributed by atoms with Crippen LogP contribution < -0.4 is 14.8 Å². The van der Waals surface area contributed by atoms with Gasteiger partial charge in [0.1, 0.15) is 11.5 Å². The Morgan fingerprint density at radius 3 is 2.58 bits per heavy atom. The SMILES string of the molecule is CCOc1nc(NCc2ccco2)nc(Oc2ccc(Cl)cc2)n1. The van der Waals surface area contributed by atoms with E-state index in [0.29, 0.717) is 29.9 Å². The molecule has 124 valence electrons. The zero-order chi connectivity index (χ0) is 16.8. The van der Waals surface area contributed by atoms with E-state index >= 15 is 0 Å². The maximum absolute atomic E-state index is 5.86. The fourth-order valence-corrected chi connectivity index (χ4v) is 1.97. The van der Waals surface area contributed by atoms with Crippen molar-refractivity contribution in [1.82, 2.24) is 15.0 Å². The normalized spacial score (nSPS) is 10.4. The Morgan fingerprint density at radius 2 is 1.88 bits per heavy atom. The molecule has 2 heterocycles. The van der Waals surface area contributed by atoms with Crippen LogP contribution in [0, 0.1) is 0 Å². The van der Waals surface area contributed by atoms with E-state index < -0.39 is 0 Å². The molecular weight excluding hydrogens is 332 g/mol. The van der Waals surface area contributed by atoms with Crippen LogP contribution in [0.3, 0.4) is 0 Å². The second-order valence-corrected chi connectivity index (χ2v) is 5.08. The first-order valence-corrected chi connectivity index (χ1v) is 7.69. The fraction of sp³-hybridized carbons (Fsp3) is 0.188. The Balaban J connectivity index is 1.77. The topological polar surface area (TPSA) is 82.3 Å². The summed E-state index contributed by atoms with van der Waals surface area (Å²) < 4.78 is 16.2. The third-order valence-corrected chi connectivity index (χ3v) is 3.14. The molecule has 0 amide bonds. The zero-order valence-electron chi connectivity index (χ0n) is 12.9. The summed E-state index contributed by atoms with van der Waals surface area (Å²) in [4.78, 5) is 12.5. The molecule has 7 nitrogen and oxygen atoms in total. The Kier molecular flexibility index (Phi) is 5.12. The molecule has 0 aliphatic rings. The number of anilines is 1. The highest BCUT2D eigenvalue weighted by Crippen LogP contribution is 2.22. The van der Waals surface area contributed by atoms with Gasteiger partial charge in [0.05, 0.1) is 19.4 Å². The maximum atomic E-state index is 5.86. The van der Waals surface area contributed by atoms with Crippen molar-refractivity contribution in [2.24, 2.45) is 0 Å². The second kappa shape index (κ2) is 7.65. The Hall–Kier alpha value is -2.80. The number of ether oxygens (including phenoxy) is 2. The van der Waals surface area contributed by atoms with Crippen LogP contribution in [0.5, 0.6) is 17.8 Å². The number of hydrogen-bond donors (Lipinski definition) is 1. The zero-order valence-corrected chi connectivity index (χ0v) is 13.7. The minimum Gasteiger partial charge on any atom is -0.467 e. The van der Waals surface area contributed by atoms with Gasteiger partial charge in [0.15, 0.2) is 0 Å². The lowest BCUT2D eigenvalue weighted by atomic mass is 10.3. The first-order chi connectivity index (χ1) is 11.7. The van der Waals surface area contributed by atoms with E-state index in [1.807, 2.05) is 19.1 Å². The Bertz CT molecular complexity index is 779. The average molecular weight is 347 g/mol. The number of halogens is 1. The van der Waals surface area contributed by atoms with Gasteiger partial charge in [-0.1, -0.05) is 11.6 Å². The van der Waals surface area contributed by atoms with Crippen LogP contribution in [0.4, 0.5) is 5.95 Å². The summed E-state index contributed by atoms with van der Waals surface area (Å²) in [6.07, 6.45) is 1.60. The van der Waals surface area contributed by atoms with Gasteiger partial charge in [-0.05, 0) is 43.3 Å². The van der Waals surface area contributed by atoms with Crippen molar-refractivity contribution in [1.29, 1.82) is 0 Å². The van der Waals surface area contributed by atoms with Gasteiger partial charge in [0.2, 0.25) is 5.95 Å². The van der Waals surface area contributed by atoms with Gasteiger partial charge in [-0.15, -0.1) is 4.98 Å². The molecule has 0 radical (unpaired) electrons. The van der Waals surface area contributed by atoms with Crippen molar-refractivity contribution in [3.8, 4) is 17.8 Å². The van der Waals surface area contributed by atoms with E-state index in [1.54, 1.807) is 30.5 Å². The number of hydrogen-bond acceptors (Lipinski definition) is 7. The molecule has 24 heavy (non-hydrogen) atoms. The first kappa shape index (κ1) is 16.1. The fourth-order valence-electron chi connectivity index (χ4n) is 1.84. The molecule has 1 aromatic carbocycles.